The first-order chi connectivity index (χ1) is 4.75. The van der Waals surface area contributed by atoms with Crippen LogP contribution in [0.15, 0.2) is 12.3 Å². The van der Waals surface area contributed by atoms with Gasteiger partial charge in [-0.2, -0.15) is 5.26 Å². The monoisotopic (exact) mass is 136 g/mol. The minimum Gasteiger partial charge on any atom is -0.361 e. The first-order valence-electron chi connectivity index (χ1n) is 3.61. The Kier molecular flexibility index (Phi) is 1.96. The standard InChI is InChI=1S/C8H12N2/c1-7-4-3-5-10(7)8(2)6-9/h7H,2-5H2,1H3. The maximum atomic E-state index is 8.52. The molecule has 1 saturated heterocycles. The van der Waals surface area contributed by atoms with E-state index in [1.807, 2.05) is 0 Å². The number of nitriles is 1. The van der Waals surface area contributed by atoms with Crippen molar-refractivity contribution in [1.29, 1.82) is 5.26 Å². The van der Waals surface area contributed by atoms with E-state index in [0.717, 1.165) is 6.54 Å². The molecule has 1 aliphatic heterocycles. The van der Waals surface area contributed by atoms with Gasteiger partial charge in [0, 0.05) is 12.6 Å². The van der Waals surface area contributed by atoms with Crippen molar-refractivity contribution in [3.05, 3.63) is 12.3 Å². The molecule has 0 amide bonds. The zero-order chi connectivity index (χ0) is 7.56. The molecule has 1 unspecified atom stereocenters. The maximum absolute atomic E-state index is 8.52. The van der Waals surface area contributed by atoms with Crippen molar-refractivity contribution < 1.29 is 0 Å². The molecule has 1 rings (SSSR count). The molecule has 0 aromatic heterocycles. The van der Waals surface area contributed by atoms with E-state index in [4.69, 9.17) is 5.26 Å². The van der Waals surface area contributed by atoms with Crippen LogP contribution in [0.4, 0.5) is 0 Å². The van der Waals surface area contributed by atoms with E-state index in [2.05, 4.69) is 24.5 Å². The van der Waals surface area contributed by atoms with E-state index in [9.17, 15) is 0 Å². The minimum absolute atomic E-state index is 0.521. The second-order valence-corrected chi connectivity index (χ2v) is 2.74. The first-order valence-corrected chi connectivity index (χ1v) is 3.61. The normalized spacial score (nSPS) is 24.4. The van der Waals surface area contributed by atoms with Gasteiger partial charge in [-0.3, -0.25) is 0 Å². The first kappa shape index (κ1) is 7.14. The molecule has 0 bridgehead atoms. The summed E-state index contributed by atoms with van der Waals surface area (Å²) in [6, 6.07) is 2.59. The summed E-state index contributed by atoms with van der Waals surface area (Å²) in [7, 11) is 0. The van der Waals surface area contributed by atoms with E-state index in [0.29, 0.717) is 11.7 Å². The fourth-order valence-corrected chi connectivity index (χ4v) is 1.40. The Morgan fingerprint density at radius 3 is 2.90 bits per heavy atom. The third-order valence-corrected chi connectivity index (χ3v) is 2.03. The number of hydrogen-bond donors (Lipinski definition) is 0. The molecule has 1 aliphatic rings. The van der Waals surface area contributed by atoms with Crippen molar-refractivity contribution in [3.63, 3.8) is 0 Å². The van der Waals surface area contributed by atoms with Crippen molar-refractivity contribution in [1.82, 2.24) is 4.90 Å². The molecule has 0 aromatic rings. The quantitative estimate of drug-likeness (QED) is 0.511. The van der Waals surface area contributed by atoms with Crippen LogP contribution in [0.5, 0.6) is 0 Å². The summed E-state index contributed by atoms with van der Waals surface area (Å²) in [6.07, 6.45) is 2.39. The lowest BCUT2D eigenvalue weighted by atomic mass is 10.2. The highest BCUT2D eigenvalue weighted by atomic mass is 15.2. The SMILES string of the molecule is C=C(C#N)N1CCCC1C. The maximum Gasteiger partial charge on any atom is 0.116 e. The van der Waals surface area contributed by atoms with E-state index in [-0.39, 0.29) is 0 Å². The summed E-state index contributed by atoms with van der Waals surface area (Å²) in [5.41, 5.74) is 0.616. The number of rotatable bonds is 1. The number of likely N-dealkylation sites (tertiary alicyclic amines) is 1. The van der Waals surface area contributed by atoms with Crippen LogP contribution in [0.2, 0.25) is 0 Å². The molecule has 1 heterocycles. The zero-order valence-corrected chi connectivity index (χ0v) is 6.30. The Balaban J connectivity index is 2.57. The van der Waals surface area contributed by atoms with Gasteiger partial charge in [-0.05, 0) is 19.8 Å². The predicted octanol–water partition coefficient (Wildman–Crippen LogP) is 1.51. The fraction of sp³-hybridized carbons (Fsp3) is 0.625. The molecule has 2 nitrogen and oxygen atoms in total. The second-order valence-electron chi connectivity index (χ2n) is 2.74. The lowest BCUT2D eigenvalue weighted by Crippen LogP contribution is -2.24. The fourth-order valence-electron chi connectivity index (χ4n) is 1.40. The van der Waals surface area contributed by atoms with Crippen molar-refractivity contribution >= 4 is 0 Å². The molecular formula is C8H12N2. The van der Waals surface area contributed by atoms with Crippen molar-refractivity contribution in [3.8, 4) is 6.07 Å². The Labute approximate surface area is 61.8 Å². The number of allylic oxidation sites excluding steroid dienone is 1. The smallest absolute Gasteiger partial charge is 0.116 e. The largest absolute Gasteiger partial charge is 0.361 e. The third-order valence-electron chi connectivity index (χ3n) is 2.03. The van der Waals surface area contributed by atoms with Crippen LogP contribution in [-0.4, -0.2) is 17.5 Å². The van der Waals surface area contributed by atoms with Crippen LogP contribution in [0.3, 0.4) is 0 Å². The second kappa shape index (κ2) is 2.74. The average Bonchev–Trinajstić information content (AvgIpc) is 2.34. The van der Waals surface area contributed by atoms with Gasteiger partial charge in [-0.25, -0.2) is 0 Å². The van der Waals surface area contributed by atoms with Crippen LogP contribution >= 0.6 is 0 Å². The van der Waals surface area contributed by atoms with Crippen molar-refractivity contribution in [2.75, 3.05) is 6.54 Å². The summed E-state index contributed by atoms with van der Waals surface area (Å²) in [4.78, 5) is 2.07. The van der Waals surface area contributed by atoms with Crippen molar-refractivity contribution in [2.24, 2.45) is 0 Å². The molecule has 1 atom stereocenters. The Morgan fingerprint density at radius 1 is 1.80 bits per heavy atom. The molecular weight excluding hydrogens is 124 g/mol. The van der Waals surface area contributed by atoms with Crippen molar-refractivity contribution in [2.45, 2.75) is 25.8 Å². The van der Waals surface area contributed by atoms with Gasteiger partial charge in [0.25, 0.3) is 0 Å². The molecule has 2 heteroatoms. The molecule has 10 heavy (non-hydrogen) atoms. The van der Waals surface area contributed by atoms with Gasteiger partial charge < -0.3 is 4.90 Å². The molecule has 0 saturated carbocycles. The lowest BCUT2D eigenvalue weighted by Gasteiger charge is -2.20. The van der Waals surface area contributed by atoms with Gasteiger partial charge in [0.1, 0.15) is 11.8 Å². The molecule has 0 radical (unpaired) electrons. The van der Waals surface area contributed by atoms with Gasteiger partial charge in [-0.15, -0.1) is 0 Å². The summed E-state index contributed by atoms with van der Waals surface area (Å²) >= 11 is 0. The number of nitrogens with zero attached hydrogens (tertiary/aromatic N) is 2. The van der Waals surface area contributed by atoms with Crippen LogP contribution in [0.25, 0.3) is 0 Å². The van der Waals surface area contributed by atoms with Crippen LogP contribution in [0, 0.1) is 11.3 Å². The van der Waals surface area contributed by atoms with Gasteiger partial charge in [0.15, 0.2) is 0 Å². The molecule has 1 fully saturated rings. The molecule has 0 N–H and O–H groups in total. The molecule has 0 spiro atoms. The lowest BCUT2D eigenvalue weighted by molar-refractivity contribution is 0.354. The zero-order valence-electron chi connectivity index (χ0n) is 6.30. The predicted molar refractivity (Wildman–Crippen MR) is 40.2 cm³/mol. The Morgan fingerprint density at radius 2 is 2.50 bits per heavy atom. The summed E-state index contributed by atoms with van der Waals surface area (Å²) in [5.74, 6) is 0. The minimum atomic E-state index is 0.521. The van der Waals surface area contributed by atoms with Gasteiger partial charge in [0.05, 0.1) is 0 Å². The third kappa shape index (κ3) is 1.13. The molecule has 0 aromatic carbocycles. The van der Waals surface area contributed by atoms with E-state index < -0.39 is 0 Å². The van der Waals surface area contributed by atoms with Gasteiger partial charge >= 0.3 is 0 Å². The topological polar surface area (TPSA) is 27.0 Å². The molecule has 54 valence electrons. The van der Waals surface area contributed by atoms with Gasteiger partial charge in [-0.1, -0.05) is 6.58 Å². The highest BCUT2D eigenvalue weighted by molar-refractivity contribution is 5.16. The van der Waals surface area contributed by atoms with E-state index in [1.54, 1.807) is 0 Å². The highest BCUT2D eigenvalue weighted by Crippen LogP contribution is 2.19. The van der Waals surface area contributed by atoms with Crippen LogP contribution in [-0.2, 0) is 0 Å². The van der Waals surface area contributed by atoms with E-state index >= 15 is 0 Å². The summed E-state index contributed by atoms with van der Waals surface area (Å²) in [6.45, 7) is 6.81. The summed E-state index contributed by atoms with van der Waals surface area (Å²) < 4.78 is 0. The van der Waals surface area contributed by atoms with Crippen LogP contribution in [0.1, 0.15) is 19.8 Å². The average molecular weight is 136 g/mol. The highest BCUT2D eigenvalue weighted by Gasteiger charge is 2.20. The Bertz CT molecular complexity index is 178. The molecule has 0 aliphatic carbocycles. The number of hydrogen-bond acceptors (Lipinski definition) is 2. The summed E-state index contributed by atoms with van der Waals surface area (Å²) in [5, 5.41) is 8.52. The van der Waals surface area contributed by atoms with E-state index in [1.165, 1.54) is 12.8 Å². The Hall–Kier alpha value is -0.970. The van der Waals surface area contributed by atoms with Gasteiger partial charge in [0.2, 0.25) is 0 Å². The van der Waals surface area contributed by atoms with Crippen LogP contribution < -0.4 is 0 Å².